The monoisotopic (exact) mass is 157 g/mol. The van der Waals surface area contributed by atoms with Crippen LogP contribution in [0.25, 0.3) is 0 Å². The Morgan fingerprint density at radius 2 is 2.36 bits per heavy atom. The SMILES string of the molecule is CC1CCCN1C(=O)[C@H](C)O. The fraction of sp³-hybridized carbons (Fsp3) is 0.875. The third kappa shape index (κ3) is 1.71. The molecule has 11 heavy (non-hydrogen) atoms. The van der Waals surface area contributed by atoms with Gasteiger partial charge in [0.1, 0.15) is 6.10 Å². The van der Waals surface area contributed by atoms with E-state index in [1.54, 1.807) is 4.90 Å². The third-order valence-corrected chi connectivity index (χ3v) is 2.19. The van der Waals surface area contributed by atoms with E-state index in [-0.39, 0.29) is 5.91 Å². The van der Waals surface area contributed by atoms with E-state index in [2.05, 4.69) is 0 Å². The van der Waals surface area contributed by atoms with Crippen LogP contribution in [-0.4, -0.2) is 34.6 Å². The molecule has 0 radical (unpaired) electrons. The summed E-state index contributed by atoms with van der Waals surface area (Å²) in [6.07, 6.45) is 1.30. The molecule has 0 spiro atoms. The second kappa shape index (κ2) is 3.22. The number of likely N-dealkylation sites (tertiary alicyclic amines) is 1. The van der Waals surface area contributed by atoms with Gasteiger partial charge in [-0.1, -0.05) is 0 Å². The molecule has 0 aliphatic carbocycles. The van der Waals surface area contributed by atoms with E-state index >= 15 is 0 Å². The molecule has 1 aliphatic rings. The van der Waals surface area contributed by atoms with Crippen molar-refractivity contribution in [3.8, 4) is 0 Å². The first-order chi connectivity index (χ1) is 5.13. The number of carbonyl (C=O) groups excluding carboxylic acids is 1. The fourth-order valence-electron chi connectivity index (χ4n) is 1.50. The molecule has 0 aromatic rings. The van der Waals surface area contributed by atoms with E-state index < -0.39 is 6.10 Å². The van der Waals surface area contributed by atoms with Crippen LogP contribution in [0.4, 0.5) is 0 Å². The number of aliphatic hydroxyl groups excluding tert-OH is 1. The minimum atomic E-state index is -0.837. The normalized spacial score (nSPS) is 27.2. The zero-order valence-electron chi connectivity index (χ0n) is 7.08. The molecule has 1 saturated heterocycles. The van der Waals surface area contributed by atoms with Crippen LogP contribution in [0.5, 0.6) is 0 Å². The molecular weight excluding hydrogens is 142 g/mol. The van der Waals surface area contributed by atoms with Crippen molar-refractivity contribution < 1.29 is 9.90 Å². The van der Waals surface area contributed by atoms with Crippen LogP contribution in [0.3, 0.4) is 0 Å². The highest BCUT2D eigenvalue weighted by Crippen LogP contribution is 2.16. The first kappa shape index (κ1) is 8.53. The van der Waals surface area contributed by atoms with E-state index in [4.69, 9.17) is 5.11 Å². The number of aliphatic hydroxyl groups is 1. The molecule has 1 heterocycles. The summed E-state index contributed by atoms with van der Waals surface area (Å²) in [6, 6.07) is 0.317. The lowest BCUT2D eigenvalue weighted by molar-refractivity contribution is -0.139. The summed E-state index contributed by atoms with van der Waals surface area (Å²) in [5.74, 6) is -0.130. The summed E-state index contributed by atoms with van der Waals surface area (Å²) in [4.78, 5) is 13.0. The highest BCUT2D eigenvalue weighted by Gasteiger charge is 2.27. The number of nitrogens with zero attached hydrogens (tertiary/aromatic N) is 1. The highest BCUT2D eigenvalue weighted by molar-refractivity contribution is 5.80. The first-order valence-corrected chi connectivity index (χ1v) is 4.11. The van der Waals surface area contributed by atoms with Gasteiger partial charge in [-0.3, -0.25) is 4.79 Å². The topological polar surface area (TPSA) is 40.5 Å². The van der Waals surface area contributed by atoms with Gasteiger partial charge in [0, 0.05) is 12.6 Å². The van der Waals surface area contributed by atoms with Crippen molar-refractivity contribution >= 4 is 5.91 Å². The molecule has 1 N–H and O–H groups in total. The second-order valence-corrected chi connectivity index (χ2v) is 3.20. The van der Waals surface area contributed by atoms with E-state index in [0.29, 0.717) is 6.04 Å². The molecule has 1 rings (SSSR count). The molecule has 64 valence electrons. The van der Waals surface area contributed by atoms with Gasteiger partial charge in [-0.2, -0.15) is 0 Å². The van der Waals surface area contributed by atoms with Crippen LogP contribution in [0.1, 0.15) is 26.7 Å². The molecule has 1 fully saturated rings. The standard InChI is InChI=1S/C8H15NO2/c1-6-4-3-5-9(6)8(11)7(2)10/h6-7,10H,3-5H2,1-2H3/t6?,7-/m0/s1. The summed E-state index contributed by atoms with van der Waals surface area (Å²) in [6.45, 7) is 4.35. The predicted molar refractivity (Wildman–Crippen MR) is 42.1 cm³/mol. The minimum absolute atomic E-state index is 0.130. The average Bonchev–Trinajstić information content (AvgIpc) is 2.33. The van der Waals surface area contributed by atoms with Crippen molar-refractivity contribution in [1.82, 2.24) is 4.90 Å². The Morgan fingerprint density at radius 1 is 1.73 bits per heavy atom. The van der Waals surface area contributed by atoms with Crippen LogP contribution in [0, 0.1) is 0 Å². The molecule has 3 heteroatoms. The minimum Gasteiger partial charge on any atom is -0.384 e. The van der Waals surface area contributed by atoms with Gasteiger partial charge in [0.05, 0.1) is 0 Å². The molecule has 2 atom stereocenters. The molecule has 0 saturated carbocycles. The van der Waals surface area contributed by atoms with Crippen LogP contribution in [-0.2, 0) is 4.79 Å². The van der Waals surface area contributed by atoms with Gasteiger partial charge in [0.25, 0.3) is 5.91 Å². The van der Waals surface area contributed by atoms with Crippen molar-refractivity contribution in [2.75, 3.05) is 6.54 Å². The van der Waals surface area contributed by atoms with Gasteiger partial charge < -0.3 is 10.0 Å². The fourth-order valence-corrected chi connectivity index (χ4v) is 1.50. The zero-order valence-corrected chi connectivity index (χ0v) is 7.08. The lowest BCUT2D eigenvalue weighted by atomic mass is 10.2. The number of hydrogen-bond acceptors (Lipinski definition) is 2. The third-order valence-electron chi connectivity index (χ3n) is 2.19. The Bertz CT molecular complexity index is 156. The van der Waals surface area contributed by atoms with Crippen LogP contribution in [0.15, 0.2) is 0 Å². The van der Waals surface area contributed by atoms with Crippen LogP contribution in [0.2, 0.25) is 0 Å². The molecular formula is C8H15NO2. The quantitative estimate of drug-likeness (QED) is 0.597. The van der Waals surface area contributed by atoms with Gasteiger partial charge >= 0.3 is 0 Å². The Labute approximate surface area is 67.0 Å². The molecule has 0 aromatic heterocycles. The molecule has 0 aromatic carbocycles. The van der Waals surface area contributed by atoms with Gasteiger partial charge in [0.15, 0.2) is 0 Å². The summed E-state index contributed by atoms with van der Waals surface area (Å²) < 4.78 is 0. The van der Waals surface area contributed by atoms with Crippen molar-refractivity contribution in [3.05, 3.63) is 0 Å². The lowest BCUT2D eigenvalue weighted by Gasteiger charge is -2.22. The summed E-state index contributed by atoms with van der Waals surface area (Å²) in [5, 5.41) is 9.01. The second-order valence-electron chi connectivity index (χ2n) is 3.20. The predicted octanol–water partition coefficient (Wildman–Crippen LogP) is 0.378. The van der Waals surface area contributed by atoms with Crippen molar-refractivity contribution in [2.24, 2.45) is 0 Å². The van der Waals surface area contributed by atoms with E-state index in [9.17, 15) is 4.79 Å². The zero-order chi connectivity index (χ0) is 8.43. The maximum Gasteiger partial charge on any atom is 0.251 e. The lowest BCUT2D eigenvalue weighted by Crippen LogP contribution is -2.39. The van der Waals surface area contributed by atoms with E-state index in [0.717, 1.165) is 19.4 Å². The number of rotatable bonds is 1. The maximum atomic E-state index is 11.2. The van der Waals surface area contributed by atoms with Crippen LogP contribution >= 0.6 is 0 Å². The Morgan fingerprint density at radius 3 is 2.73 bits per heavy atom. The van der Waals surface area contributed by atoms with Gasteiger partial charge in [0.2, 0.25) is 0 Å². The maximum absolute atomic E-state index is 11.2. The molecule has 1 unspecified atom stereocenters. The first-order valence-electron chi connectivity index (χ1n) is 4.11. The Kier molecular flexibility index (Phi) is 2.49. The number of carbonyl (C=O) groups is 1. The molecule has 1 amide bonds. The molecule has 1 aliphatic heterocycles. The van der Waals surface area contributed by atoms with Crippen molar-refractivity contribution in [2.45, 2.75) is 38.8 Å². The Balaban J connectivity index is 2.53. The van der Waals surface area contributed by atoms with E-state index in [1.807, 2.05) is 6.92 Å². The van der Waals surface area contributed by atoms with E-state index in [1.165, 1.54) is 6.92 Å². The highest BCUT2D eigenvalue weighted by atomic mass is 16.3. The summed E-state index contributed by atoms with van der Waals surface area (Å²) >= 11 is 0. The summed E-state index contributed by atoms with van der Waals surface area (Å²) in [5.41, 5.74) is 0. The van der Waals surface area contributed by atoms with Gasteiger partial charge in [-0.05, 0) is 26.7 Å². The van der Waals surface area contributed by atoms with Crippen molar-refractivity contribution in [1.29, 1.82) is 0 Å². The smallest absolute Gasteiger partial charge is 0.251 e. The van der Waals surface area contributed by atoms with Crippen molar-refractivity contribution in [3.63, 3.8) is 0 Å². The van der Waals surface area contributed by atoms with Gasteiger partial charge in [-0.25, -0.2) is 0 Å². The summed E-state index contributed by atoms with van der Waals surface area (Å²) in [7, 11) is 0. The average molecular weight is 157 g/mol. The molecule has 3 nitrogen and oxygen atoms in total. The van der Waals surface area contributed by atoms with Gasteiger partial charge in [-0.15, -0.1) is 0 Å². The largest absolute Gasteiger partial charge is 0.384 e. The number of amides is 1. The number of hydrogen-bond donors (Lipinski definition) is 1. The molecule has 0 bridgehead atoms. The Hall–Kier alpha value is -0.570. The van der Waals surface area contributed by atoms with Crippen LogP contribution < -0.4 is 0 Å².